The standard InChI is InChI=1S/C15H20N2O4/c1-9-4-3-5-11(13(9)15(19)20-2)17-14(18)12-7-6-10(8-16)21-12/h3-5,10,12H,6-8,16H2,1-2H3,(H,17,18)/t10-,12+/m1/s1. The maximum absolute atomic E-state index is 12.2. The molecule has 1 aromatic rings. The predicted molar refractivity (Wildman–Crippen MR) is 78.1 cm³/mol. The number of nitrogens with one attached hydrogen (secondary N) is 1. The molecule has 114 valence electrons. The molecule has 21 heavy (non-hydrogen) atoms. The number of benzene rings is 1. The molecule has 0 unspecified atom stereocenters. The summed E-state index contributed by atoms with van der Waals surface area (Å²) in [6.07, 6.45) is 0.808. The summed E-state index contributed by atoms with van der Waals surface area (Å²) < 4.78 is 10.3. The number of aryl methyl sites for hydroxylation is 1. The van der Waals surface area contributed by atoms with Crippen molar-refractivity contribution in [2.45, 2.75) is 32.0 Å². The van der Waals surface area contributed by atoms with Gasteiger partial charge in [0.05, 0.1) is 24.5 Å². The van der Waals surface area contributed by atoms with Crippen molar-refractivity contribution in [1.29, 1.82) is 0 Å². The first-order valence-corrected chi connectivity index (χ1v) is 6.91. The van der Waals surface area contributed by atoms with Crippen molar-refractivity contribution in [2.75, 3.05) is 19.0 Å². The van der Waals surface area contributed by atoms with Crippen molar-refractivity contribution < 1.29 is 19.1 Å². The highest BCUT2D eigenvalue weighted by Gasteiger charge is 2.30. The van der Waals surface area contributed by atoms with Crippen LogP contribution in [0.25, 0.3) is 0 Å². The van der Waals surface area contributed by atoms with Gasteiger partial charge in [0.2, 0.25) is 0 Å². The number of carbonyl (C=O) groups excluding carboxylic acids is 2. The number of ether oxygens (including phenoxy) is 2. The normalized spacial score (nSPS) is 21.1. The molecule has 1 heterocycles. The second-order valence-corrected chi connectivity index (χ2v) is 5.04. The van der Waals surface area contributed by atoms with E-state index in [1.54, 1.807) is 25.1 Å². The topological polar surface area (TPSA) is 90.7 Å². The Bertz CT molecular complexity index is 544. The second-order valence-electron chi connectivity index (χ2n) is 5.04. The van der Waals surface area contributed by atoms with Crippen molar-refractivity contribution in [3.05, 3.63) is 29.3 Å². The first kappa shape index (κ1) is 15.5. The lowest BCUT2D eigenvalue weighted by molar-refractivity contribution is -0.126. The van der Waals surface area contributed by atoms with Crippen LogP contribution >= 0.6 is 0 Å². The Kier molecular flexibility index (Phi) is 4.93. The minimum absolute atomic E-state index is 0.0710. The van der Waals surface area contributed by atoms with Gasteiger partial charge in [0.1, 0.15) is 6.10 Å². The predicted octanol–water partition coefficient (Wildman–Crippen LogP) is 1.23. The lowest BCUT2D eigenvalue weighted by Gasteiger charge is -2.15. The fraction of sp³-hybridized carbons (Fsp3) is 0.467. The van der Waals surface area contributed by atoms with Crippen LogP contribution in [0.2, 0.25) is 0 Å². The largest absolute Gasteiger partial charge is 0.465 e. The number of rotatable bonds is 4. The van der Waals surface area contributed by atoms with Crippen molar-refractivity contribution in [3.8, 4) is 0 Å². The molecule has 1 saturated heterocycles. The molecule has 0 spiro atoms. The zero-order chi connectivity index (χ0) is 15.4. The van der Waals surface area contributed by atoms with E-state index in [0.717, 1.165) is 12.0 Å². The molecule has 3 N–H and O–H groups in total. The van der Waals surface area contributed by atoms with Gasteiger partial charge in [-0.15, -0.1) is 0 Å². The van der Waals surface area contributed by atoms with E-state index in [0.29, 0.717) is 24.2 Å². The van der Waals surface area contributed by atoms with E-state index in [1.807, 2.05) is 0 Å². The molecule has 2 rings (SSSR count). The van der Waals surface area contributed by atoms with Gasteiger partial charge in [0.25, 0.3) is 5.91 Å². The minimum atomic E-state index is -0.524. The van der Waals surface area contributed by atoms with Crippen LogP contribution in [-0.2, 0) is 14.3 Å². The molecule has 1 fully saturated rings. The third kappa shape index (κ3) is 3.40. The highest BCUT2D eigenvalue weighted by molar-refractivity contribution is 6.03. The second kappa shape index (κ2) is 6.69. The molecular weight excluding hydrogens is 272 g/mol. The Hall–Kier alpha value is -1.92. The molecule has 0 aromatic heterocycles. The van der Waals surface area contributed by atoms with E-state index in [1.165, 1.54) is 7.11 Å². The molecule has 1 amide bonds. The van der Waals surface area contributed by atoms with E-state index < -0.39 is 12.1 Å². The molecule has 2 atom stereocenters. The molecule has 6 heteroatoms. The van der Waals surface area contributed by atoms with E-state index in [2.05, 4.69) is 5.32 Å². The zero-order valence-corrected chi connectivity index (χ0v) is 12.2. The van der Waals surface area contributed by atoms with Gasteiger partial charge < -0.3 is 20.5 Å². The summed E-state index contributed by atoms with van der Waals surface area (Å²) >= 11 is 0. The SMILES string of the molecule is COC(=O)c1c(C)cccc1NC(=O)[C@@H]1CC[C@H](CN)O1. The van der Waals surface area contributed by atoms with Crippen LogP contribution in [0.15, 0.2) is 18.2 Å². The van der Waals surface area contributed by atoms with E-state index in [4.69, 9.17) is 15.2 Å². The highest BCUT2D eigenvalue weighted by Crippen LogP contribution is 2.24. The van der Waals surface area contributed by atoms with Crippen molar-refractivity contribution >= 4 is 17.6 Å². The number of hydrogen-bond donors (Lipinski definition) is 2. The molecule has 0 radical (unpaired) electrons. The van der Waals surface area contributed by atoms with Crippen LogP contribution < -0.4 is 11.1 Å². The molecule has 6 nitrogen and oxygen atoms in total. The van der Waals surface area contributed by atoms with Gasteiger partial charge in [-0.1, -0.05) is 12.1 Å². The van der Waals surface area contributed by atoms with Gasteiger partial charge in [0, 0.05) is 6.54 Å². The van der Waals surface area contributed by atoms with Crippen molar-refractivity contribution in [3.63, 3.8) is 0 Å². The summed E-state index contributed by atoms with van der Waals surface area (Å²) in [5.74, 6) is -0.739. The van der Waals surface area contributed by atoms with Crippen molar-refractivity contribution in [2.24, 2.45) is 5.73 Å². The number of esters is 1. The van der Waals surface area contributed by atoms with Crippen LogP contribution in [0.5, 0.6) is 0 Å². The third-order valence-electron chi connectivity index (χ3n) is 3.58. The van der Waals surface area contributed by atoms with Gasteiger partial charge in [-0.3, -0.25) is 4.79 Å². The smallest absolute Gasteiger partial charge is 0.340 e. The van der Waals surface area contributed by atoms with Gasteiger partial charge in [-0.05, 0) is 31.4 Å². The van der Waals surface area contributed by atoms with Gasteiger partial charge in [0.15, 0.2) is 0 Å². The van der Waals surface area contributed by atoms with Gasteiger partial charge in [-0.25, -0.2) is 4.79 Å². The third-order valence-corrected chi connectivity index (χ3v) is 3.58. The number of methoxy groups -OCH3 is 1. The molecule has 1 aliphatic rings. The fourth-order valence-corrected chi connectivity index (χ4v) is 2.43. The van der Waals surface area contributed by atoms with E-state index >= 15 is 0 Å². The van der Waals surface area contributed by atoms with Crippen LogP contribution in [0.4, 0.5) is 5.69 Å². The molecule has 1 aliphatic heterocycles. The molecule has 0 bridgehead atoms. The lowest BCUT2D eigenvalue weighted by Crippen LogP contribution is -2.30. The van der Waals surface area contributed by atoms with E-state index in [-0.39, 0.29) is 12.0 Å². The lowest BCUT2D eigenvalue weighted by atomic mass is 10.1. The van der Waals surface area contributed by atoms with Gasteiger partial charge >= 0.3 is 5.97 Å². The Morgan fingerprint density at radius 1 is 1.43 bits per heavy atom. The Morgan fingerprint density at radius 2 is 2.19 bits per heavy atom. The summed E-state index contributed by atoms with van der Waals surface area (Å²) in [4.78, 5) is 24.1. The fourth-order valence-electron chi connectivity index (χ4n) is 2.43. The summed E-state index contributed by atoms with van der Waals surface area (Å²) in [5, 5.41) is 2.75. The summed E-state index contributed by atoms with van der Waals surface area (Å²) in [6, 6.07) is 5.24. The summed E-state index contributed by atoms with van der Waals surface area (Å²) in [5.41, 5.74) is 7.07. The van der Waals surface area contributed by atoms with Crippen LogP contribution in [-0.4, -0.2) is 37.7 Å². The maximum Gasteiger partial charge on any atom is 0.340 e. The van der Waals surface area contributed by atoms with E-state index in [9.17, 15) is 9.59 Å². The summed E-state index contributed by atoms with van der Waals surface area (Å²) in [7, 11) is 1.31. The zero-order valence-electron chi connectivity index (χ0n) is 12.2. The molecule has 0 aliphatic carbocycles. The number of anilines is 1. The van der Waals surface area contributed by atoms with Crippen LogP contribution in [0.3, 0.4) is 0 Å². The number of amides is 1. The van der Waals surface area contributed by atoms with Gasteiger partial charge in [-0.2, -0.15) is 0 Å². The first-order valence-electron chi connectivity index (χ1n) is 6.91. The minimum Gasteiger partial charge on any atom is -0.465 e. The number of hydrogen-bond acceptors (Lipinski definition) is 5. The number of carbonyl (C=O) groups is 2. The average Bonchev–Trinajstić information content (AvgIpc) is 2.96. The quantitative estimate of drug-likeness (QED) is 0.814. The highest BCUT2D eigenvalue weighted by atomic mass is 16.5. The first-order chi connectivity index (χ1) is 10.1. The Labute approximate surface area is 123 Å². The maximum atomic E-state index is 12.2. The Morgan fingerprint density at radius 3 is 2.81 bits per heavy atom. The van der Waals surface area contributed by atoms with Crippen LogP contribution in [0, 0.1) is 6.92 Å². The molecule has 0 saturated carbocycles. The van der Waals surface area contributed by atoms with Crippen LogP contribution in [0.1, 0.15) is 28.8 Å². The Balaban J connectivity index is 2.14. The number of nitrogens with two attached hydrogens (primary N) is 1. The average molecular weight is 292 g/mol. The molecule has 1 aromatic carbocycles. The molecular formula is C15H20N2O4. The summed E-state index contributed by atoms with van der Waals surface area (Å²) in [6.45, 7) is 2.19. The van der Waals surface area contributed by atoms with Crippen molar-refractivity contribution in [1.82, 2.24) is 0 Å². The monoisotopic (exact) mass is 292 g/mol.